The molecule has 0 aliphatic carbocycles. The van der Waals surface area contributed by atoms with Crippen LogP contribution in [0.1, 0.15) is 40.4 Å². The third-order valence-electron chi connectivity index (χ3n) is 6.69. The molecule has 1 unspecified atom stereocenters. The molecule has 7 nitrogen and oxygen atoms in total. The minimum absolute atomic E-state index is 0.0347. The Morgan fingerprint density at radius 2 is 1.35 bits per heavy atom. The Bertz CT molecular complexity index is 1170. The molecular weight excluding hydrogens is 466 g/mol. The van der Waals surface area contributed by atoms with Gasteiger partial charge in [-0.15, -0.1) is 0 Å². The second-order valence-electron chi connectivity index (χ2n) is 9.12. The molecule has 1 fully saturated rings. The third-order valence-corrected chi connectivity index (χ3v) is 6.69. The number of rotatable bonds is 9. The lowest BCUT2D eigenvalue weighted by Crippen LogP contribution is -2.51. The van der Waals surface area contributed by atoms with Gasteiger partial charge in [0.2, 0.25) is 11.8 Å². The number of benzene rings is 3. The van der Waals surface area contributed by atoms with E-state index in [-0.39, 0.29) is 24.1 Å². The SMILES string of the molecule is COc1ccc(CCC(=O)N2CCN(C(=O)CC(NC(=O)c3ccccc3)c3ccccc3)CC2)cc1. The molecule has 192 valence electrons. The van der Waals surface area contributed by atoms with Gasteiger partial charge in [0.15, 0.2) is 0 Å². The highest BCUT2D eigenvalue weighted by molar-refractivity contribution is 5.94. The molecule has 0 aromatic heterocycles. The fourth-order valence-corrected chi connectivity index (χ4v) is 4.48. The molecule has 0 spiro atoms. The maximum absolute atomic E-state index is 13.2. The largest absolute Gasteiger partial charge is 0.497 e. The lowest BCUT2D eigenvalue weighted by molar-refractivity contribution is -0.139. The number of ether oxygens (including phenoxy) is 1. The van der Waals surface area contributed by atoms with Crippen LogP contribution >= 0.6 is 0 Å². The van der Waals surface area contributed by atoms with Gasteiger partial charge >= 0.3 is 0 Å². The number of piperazine rings is 1. The van der Waals surface area contributed by atoms with Crippen molar-refractivity contribution in [2.45, 2.75) is 25.3 Å². The number of nitrogens with zero attached hydrogens (tertiary/aromatic N) is 2. The number of carbonyl (C=O) groups is 3. The zero-order valence-electron chi connectivity index (χ0n) is 21.1. The van der Waals surface area contributed by atoms with Crippen LogP contribution in [0.3, 0.4) is 0 Å². The second kappa shape index (κ2) is 12.7. The van der Waals surface area contributed by atoms with Crippen molar-refractivity contribution in [2.24, 2.45) is 0 Å². The molecule has 1 saturated heterocycles. The summed E-state index contributed by atoms with van der Waals surface area (Å²) in [7, 11) is 1.63. The number of amides is 3. The Morgan fingerprint density at radius 1 is 0.784 bits per heavy atom. The van der Waals surface area contributed by atoms with Gasteiger partial charge in [-0.3, -0.25) is 14.4 Å². The van der Waals surface area contributed by atoms with Crippen molar-refractivity contribution < 1.29 is 19.1 Å². The lowest BCUT2D eigenvalue weighted by atomic mass is 10.0. The van der Waals surface area contributed by atoms with Crippen LogP contribution in [0.5, 0.6) is 5.75 Å². The summed E-state index contributed by atoms with van der Waals surface area (Å²) in [6, 6.07) is 25.9. The molecule has 1 N–H and O–H groups in total. The molecule has 7 heteroatoms. The molecule has 3 aromatic carbocycles. The van der Waals surface area contributed by atoms with E-state index >= 15 is 0 Å². The van der Waals surface area contributed by atoms with E-state index in [1.54, 1.807) is 24.1 Å². The zero-order valence-corrected chi connectivity index (χ0v) is 21.1. The van der Waals surface area contributed by atoms with Crippen molar-refractivity contribution in [3.63, 3.8) is 0 Å². The van der Waals surface area contributed by atoms with Crippen LogP contribution in [0.25, 0.3) is 0 Å². The van der Waals surface area contributed by atoms with Crippen LogP contribution in [-0.4, -0.2) is 60.8 Å². The van der Waals surface area contributed by atoms with Gasteiger partial charge in [0.05, 0.1) is 19.6 Å². The predicted octanol–water partition coefficient (Wildman–Crippen LogP) is 3.86. The Labute approximate surface area is 218 Å². The first kappa shape index (κ1) is 25.9. The number of hydrogen-bond acceptors (Lipinski definition) is 4. The van der Waals surface area contributed by atoms with Crippen molar-refractivity contribution in [1.29, 1.82) is 0 Å². The quantitative estimate of drug-likeness (QED) is 0.485. The Balaban J connectivity index is 1.30. The van der Waals surface area contributed by atoms with Crippen LogP contribution in [0.15, 0.2) is 84.9 Å². The highest BCUT2D eigenvalue weighted by Crippen LogP contribution is 2.20. The minimum Gasteiger partial charge on any atom is -0.497 e. The molecule has 4 rings (SSSR count). The topological polar surface area (TPSA) is 79.0 Å². The Kier molecular flexibility index (Phi) is 8.92. The van der Waals surface area contributed by atoms with E-state index in [1.807, 2.05) is 77.7 Å². The fraction of sp³-hybridized carbons (Fsp3) is 0.300. The molecule has 3 aromatic rings. The summed E-state index contributed by atoms with van der Waals surface area (Å²) in [6.45, 7) is 2.00. The van der Waals surface area contributed by atoms with Crippen molar-refractivity contribution in [3.8, 4) is 5.75 Å². The summed E-state index contributed by atoms with van der Waals surface area (Å²) in [4.78, 5) is 42.4. The van der Waals surface area contributed by atoms with E-state index in [4.69, 9.17) is 4.74 Å². The van der Waals surface area contributed by atoms with E-state index < -0.39 is 6.04 Å². The second-order valence-corrected chi connectivity index (χ2v) is 9.12. The molecule has 0 bridgehead atoms. The molecule has 1 atom stereocenters. The molecule has 1 heterocycles. The van der Waals surface area contributed by atoms with Crippen LogP contribution in [0.4, 0.5) is 0 Å². The molecule has 0 radical (unpaired) electrons. The first-order chi connectivity index (χ1) is 18.0. The molecule has 37 heavy (non-hydrogen) atoms. The van der Waals surface area contributed by atoms with Gasteiger partial charge in [0, 0.05) is 38.2 Å². The normalized spacial score (nSPS) is 14.1. The van der Waals surface area contributed by atoms with E-state index in [1.165, 1.54) is 0 Å². The number of nitrogens with one attached hydrogen (secondary N) is 1. The monoisotopic (exact) mass is 499 g/mol. The van der Waals surface area contributed by atoms with Gasteiger partial charge in [-0.05, 0) is 41.8 Å². The first-order valence-corrected chi connectivity index (χ1v) is 12.6. The van der Waals surface area contributed by atoms with Gasteiger partial charge in [0.1, 0.15) is 5.75 Å². The summed E-state index contributed by atoms with van der Waals surface area (Å²) in [6.07, 6.45) is 1.26. The van der Waals surface area contributed by atoms with Crippen LogP contribution < -0.4 is 10.1 Å². The summed E-state index contributed by atoms with van der Waals surface area (Å²) in [5.74, 6) is 0.646. The number of hydrogen-bond donors (Lipinski definition) is 1. The van der Waals surface area contributed by atoms with Crippen LogP contribution in [-0.2, 0) is 16.0 Å². The minimum atomic E-state index is -0.439. The standard InChI is InChI=1S/C30H33N3O4/c1-37-26-15-12-23(13-16-26)14-17-28(34)32-18-20-33(21-19-32)29(35)22-27(24-8-4-2-5-9-24)31-30(36)25-10-6-3-7-11-25/h2-13,15-16,27H,14,17-22H2,1H3,(H,31,36). The lowest BCUT2D eigenvalue weighted by Gasteiger charge is -2.35. The first-order valence-electron chi connectivity index (χ1n) is 12.6. The molecular formula is C30H33N3O4. The summed E-state index contributed by atoms with van der Waals surface area (Å²) >= 11 is 0. The van der Waals surface area contributed by atoms with Gasteiger partial charge in [0.25, 0.3) is 5.91 Å². The van der Waals surface area contributed by atoms with Crippen LogP contribution in [0, 0.1) is 0 Å². The van der Waals surface area contributed by atoms with Crippen molar-refractivity contribution >= 4 is 17.7 Å². The van der Waals surface area contributed by atoms with Gasteiger partial charge in [-0.25, -0.2) is 0 Å². The summed E-state index contributed by atoms with van der Waals surface area (Å²) in [5, 5.41) is 3.03. The van der Waals surface area contributed by atoms with Crippen LogP contribution in [0.2, 0.25) is 0 Å². The third kappa shape index (κ3) is 7.19. The summed E-state index contributed by atoms with van der Waals surface area (Å²) in [5.41, 5.74) is 2.53. The van der Waals surface area contributed by atoms with Crippen molar-refractivity contribution in [2.75, 3.05) is 33.3 Å². The van der Waals surface area contributed by atoms with Gasteiger partial charge in [-0.1, -0.05) is 60.7 Å². The number of methoxy groups -OCH3 is 1. The maximum Gasteiger partial charge on any atom is 0.251 e. The molecule has 1 aliphatic heterocycles. The number of carbonyl (C=O) groups excluding carboxylic acids is 3. The van der Waals surface area contributed by atoms with Crippen molar-refractivity contribution in [3.05, 3.63) is 102 Å². The maximum atomic E-state index is 13.2. The molecule has 3 amide bonds. The Hall–Kier alpha value is -4.13. The highest BCUT2D eigenvalue weighted by atomic mass is 16.5. The van der Waals surface area contributed by atoms with E-state index in [0.29, 0.717) is 44.6 Å². The van der Waals surface area contributed by atoms with E-state index in [0.717, 1.165) is 16.9 Å². The van der Waals surface area contributed by atoms with Gasteiger partial charge in [-0.2, -0.15) is 0 Å². The van der Waals surface area contributed by atoms with Crippen molar-refractivity contribution in [1.82, 2.24) is 15.1 Å². The average Bonchev–Trinajstić information content (AvgIpc) is 2.96. The number of aryl methyl sites for hydroxylation is 1. The summed E-state index contributed by atoms with van der Waals surface area (Å²) < 4.78 is 5.18. The predicted molar refractivity (Wildman–Crippen MR) is 142 cm³/mol. The smallest absolute Gasteiger partial charge is 0.251 e. The van der Waals surface area contributed by atoms with E-state index in [2.05, 4.69) is 5.32 Å². The molecule has 1 aliphatic rings. The van der Waals surface area contributed by atoms with E-state index in [9.17, 15) is 14.4 Å². The zero-order chi connectivity index (χ0) is 26.0. The average molecular weight is 500 g/mol. The molecule has 0 saturated carbocycles. The van der Waals surface area contributed by atoms with Gasteiger partial charge < -0.3 is 19.9 Å². The Morgan fingerprint density at radius 3 is 1.95 bits per heavy atom. The fourth-order valence-electron chi connectivity index (χ4n) is 4.48. The highest BCUT2D eigenvalue weighted by Gasteiger charge is 2.27.